The Morgan fingerprint density at radius 3 is 1.12 bits per heavy atom. The summed E-state index contributed by atoms with van der Waals surface area (Å²) in [5, 5.41) is 0. The predicted octanol–water partition coefficient (Wildman–Crippen LogP) is 6.84. The topological polar surface area (TPSA) is 55.4 Å². The lowest BCUT2D eigenvalue weighted by atomic mass is 9.73. The zero-order valence-electron chi connectivity index (χ0n) is 23.9. The molecule has 0 bridgehead atoms. The number of benzene rings is 2. The van der Waals surface area contributed by atoms with E-state index in [1.165, 1.54) is 14.2 Å². The fraction of sp³-hybridized carbons (Fsp3) is 0.571. The van der Waals surface area contributed by atoms with Crippen LogP contribution in [-0.4, -0.2) is 80.9 Å². The van der Waals surface area contributed by atoms with Crippen LogP contribution in [0, 0.1) is 0 Å². The Bertz CT molecular complexity index is 832. The minimum atomic E-state index is -5.62. The Balaban J connectivity index is 0.000000832. The molecule has 12 heteroatoms. The molecule has 0 amide bonds. The summed E-state index contributed by atoms with van der Waals surface area (Å²) in [6, 6.07) is 7.31. The smallest absolute Gasteiger partial charge is 0.411 e. The quantitative estimate of drug-likeness (QED) is 0.201. The molecule has 0 saturated carbocycles. The van der Waals surface area contributed by atoms with E-state index in [1.54, 1.807) is 28.4 Å². The molecule has 0 N–H and O–H groups in total. The lowest BCUT2D eigenvalue weighted by Gasteiger charge is -2.38. The van der Waals surface area contributed by atoms with Crippen molar-refractivity contribution in [2.75, 3.05) is 62.5 Å². The zero-order chi connectivity index (χ0) is 30.8. The molecule has 1 unspecified atom stereocenters. The van der Waals surface area contributed by atoms with Gasteiger partial charge in [-0.05, 0) is 55.2 Å². The highest BCUT2D eigenvalue weighted by Crippen LogP contribution is 2.56. The van der Waals surface area contributed by atoms with Crippen molar-refractivity contribution in [2.24, 2.45) is 0 Å². The van der Waals surface area contributed by atoms with E-state index in [2.05, 4.69) is 0 Å². The van der Waals surface area contributed by atoms with Gasteiger partial charge in [0.1, 0.15) is 11.5 Å². The first-order chi connectivity index (χ1) is 18.8. The van der Waals surface area contributed by atoms with Crippen LogP contribution in [0.25, 0.3) is 0 Å². The minimum Gasteiger partial charge on any atom is -0.497 e. The van der Waals surface area contributed by atoms with Crippen molar-refractivity contribution < 1.29 is 54.8 Å². The number of unbranched alkanes of at least 4 members (excludes halogenated alkanes) is 1. The predicted molar refractivity (Wildman–Crippen MR) is 140 cm³/mol. The minimum absolute atomic E-state index is 0.150. The lowest BCUT2D eigenvalue weighted by molar-refractivity contribution is -0.288. The van der Waals surface area contributed by atoms with Crippen LogP contribution in [0.4, 0.5) is 26.3 Å². The highest BCUT2D eigenvalue weighted by Gasteiger charge is 2.72. The maximum Gasteiger partial charge on any atom is 0.411 e. The molecule has 0 fully saturated rings. The molecule has 0 heterocycles. The standard InChI is InChI=1S/C17H14F6O2.C6H14O2.C5H12O2/c1-24-13-7-3-11(4-8-13)15(16(18,19)20,17(21,22)23)12-5-9-14(25-2)10-6-12;1-7-5-3-4-6-8-2;1-5(7-3)4-6-2/h3-10H,1-2H3;3-6H2,1-2H3;5H,4H2,1-3H3. The molecule has 0 aliphatic carbocycles. The Kier molecular flexibility index (Phi) is 17.6. The molecule has 230 valence electrons. The maximum absolute atomic E-state index is 13.8. The van der Waals surface area contributed by atoms with Gasteiger partial charge in [0.05, 0.1) is 26.9 Å². The first-order valence-electron chi connectivity index (χ1n) is 12.2. The molecule has 0 saturated heterocycles. The van der Waals surface area contributed by atoms with E-state index in [-0.39, 0.29) is 17.6 Å². The molecule has 2 aromatic carbocycles. The highest BCUT2D eigenvalue weighted by molar-refractivity contribution is 5.47. The van der Waals surface area contributed by atoms with Crippen LogP contribution in [0.3, 0.4) is 0 Å². The summed E-state index contributed by atoms with van der Waals surface area (Å²) in [7, 11) is 9.29. The van der Waals surface area contributed by atoms with E-state index in [0.717, 1.165) is 74.6 Å². The number of rotatable bonds is 12. The van der Waals surface area contributed by atoms with Crippen molar-refractivity contribution in [1.82, 2.24) is 0 Å². The van der Waals surface area contributed by atoms with Crippen LogP contribution < -0.4 is 9.47 Å². The summed E-state index contributed by atoms with van der Waals surface area (Å²) >= 11 is 0. The molecule has 2 rings (SSSR count). The van der Waals surface area contributed by atoms with E-state index in [9.17, 15) is 26.3 Å². The number of ether oxygens (including phenoxy) is 6. The van der Waals surface area contributed by atoms with E-state index in [1.807, 2.05) is 6.92 Å². The summed E-state index contributed by atoms with van der Waals surface area (Å²) in [6.45, 7) is 4.34. The van der Waals surface area contributed by atoms with Crippen molar-refractivity contribution in [3.05, 3.63) is 59.7 Å². The van der Waals surface area contributed by atoms with E-state index in [4.69, 9.17) is 28.4 Å². The molecule has 0 aromatic heterocycles. The largest absolute Gasteiger partial charge is 0.497 e. The molecule has 0 radical (unpaired) electrons. The molecule has 2 aromatic rings. The van der Waals surface area contributed by atoms with Gasteiger partial charge >= 0.3 is 12.4 Å². The second-order valence-corrected chi connectivity index (χ2v) is 8.40. The number of halogens is 6. The molecule has 0 aliphatic rings. The third-order valence-electron chi connectivity index (χ3n) is 5.65. The van der Waals surface area contributed by atoms with E-state index >= 15 is 0 Å². The third kappa shape index (κ3) is 11.1. The average Bonchev–Trinajstić information content (AvgIpc) is 2.91. The monoisotopic (exact) mass is 586 g/mol. The van der Waals surface area contributed by atoms with Crippen LogP contribution in [0.2, 0.25) is 0 Å². The van der Waals surface area contributed by atoms with Gasteiger partial charge < -0.3 is 28.4 Å². The van der Waals surface area contributed by atoms with Gasteiger partial charge in [-0.25, -0.2) is 0 Å². The van der Waals surface area contributed by atoms with Crippen molar-refractivity contribution in [1.29, 1.82) is 0 Å². The van der Waals surface area contributed by atoms with Gasteiger partial charge in [0, 0.05) is 41.7 Å². The number of hydrogen-bond donors (Lipinski definition) is 0. The van der Waals surface area contributed by atoms with Gasteiger partial charge in [-0.3, -0.25) is 0 Å². The summed E-state index contributed by atoms with van der Waals surface area (Å²) in [4.78, 5) is 0. The first kappa shape index (κ1) is 37.5. The summed E-state index contributed by atoms with van der Waals surface area (Å²) < 4.78 is 112. The van der Waals surface area contributed by atoms with Crippen LogP contribution in [0.1, 0.15) is 30.9 Å². The van der Waals surface area contributed by atoms with Gasteiger partial charge in [0.25, 0.3) is 0 Å². The van der Waals surface area contributed by atoms with Gasteiger partial charge in [0.15, 0.2) is 0 Å². The Morgan fingerprint density at radius 2 is 0.925 bits per heavy atom. The second kappa shape index (κ2) is 18.7. The third-order valence-corrected chi connectivity index (χ3v) is 5.65. The Morgan fingerprint density at radius 1 is 0.575 bits per heavy atom. The molecule has 6 nitrogen and oxygen atoms in total. The molecule has 0 aliphatic heterocycles. The van der Waals surface area contributed by atoms with Gasteiger partial charge in [-0.2, -0.15) is 26.3 Å². The van der Waals surface area contributed by atoms with Crippen molar-refractivity contribution in [2.45, 2.75) is 43.6 Å². The number of hydrogen-bond acceptors (Lipinski definition) is 6. The Hall–Kier alpha value is -2.54. The molecule has 0 spiro atoms. The highest BCUT2D eigenvalue weighted by atomic mass is 19.4. The Labute approximate surface area is 232 Å². The van der Waals surface area contributed by atoms with Crippen molar-refractivity contribution >= 4 is 0 Å². The molecule has 1 atom stereocenters. The summed E-state index contributed by atoms with van der Waals surface area (Å²) in [5.74, 6) is 0.299. The molecule has 40 heavy (non-hydrogen) atoms. The second-order valence-electron chi connectivity index (χ2n) is 8.40. The average molecular weight is 587 g/mol. The van der Waals surface area contributed by atoms with E-state index < -0.39 is 28.9 Å². The lowest BCUT2D eigenvalue weighted by Crippen LogP contribution is -2.54. The van der Waals surface area contributed by atoms with Gasteiger partial charge in [0.2, 0.25) is 5.41 Å². The van der Waals surface area contributed by atoms with Gasteiger partial charge in [-0.15, -0.1) is 0 Å². The SMILES string of the molecule is COCC(C)OC.COCCCCOC.COc1ccc(C(c2ccc(OC)cc2)(C(F)(F)F)C(F)(F)F)cc1. The number of methoxy groups -OCH3 is 6. The van der Waals surface area contributed by atoms with Crippen LogP contribution in [-0.2, 0) is 24.4 Å². The fourth-order valence-electron chi connectivity index (χ4n) is 3.46. The van der Waals surface area contributed by atoms with Crippen molar-refractivity contribution in [3.8, 4) is 11.5 Å². The normalized spacial score (nSPS) is 12.4. The maximum atomic E-state index is 13.8. The van der Waals surface area contributed by atoms with Crippen LogP contribution >= 0.6 is 0 Å². The molecular weight excluding hydrogens is 546 g/mol. The summed E-state index contributed by atoms with van der Waals surface area (Å²) in [6.07, 6.45) is -8.80. The fourth-order valence-corrected chi connectivity index (χ4v) is 3.46. The summed E-state index contributed by atoms with van der Waals surface area (Å²) in [5.41, 5.74) is -6.06. The zero-order valence-corrected chi connectivity index (χ0v) is 23.9. The van der Waals surface area contributed by atoms with Crippen LogP contribution in [0.5, 0.6) is 11.5 Å². The van der Waals surface area contributed by atoms with E-state index in [0.29, 0.717) is 6.61 Å². The first-order valence-corrected chi connectivity index (χ1v) is 12.2. The molecular formula is C28H40F6O6. The van der Waals surface area contributed by atoms with Crippen LogP contribution in [0.15, 0.2) is 48.5 Å². The van der Waals surface area contributed by atoms with Gasteiger partial charge in [-0.1, -0.05) is 24.3 Å². The van der Waals surface area contributed by atoms with Crippen molar-refractivity contribution in [3.63, 3.8) is 0 Å². The number of alkyl halides is 6.